The van der Waals surface area contributed by atoms with Crippen LogP contribution < -0.4 is 5.32 Å². The van der Waals surface area contributed by atoms with Crippen LogP contribution in [0.25, 0.3) is 5.52 Å². The molecule has 7 rings (SSSR count). The first-order valence-corrected chi connectivity index (χ1v) is 8.82. The van der Waals surface area contributed by atoms with Gasteiger partial charge in [0.05, 0.1) is 11.1 Å². The van der Waals surface area contributed by atoms with Crippen LogP contribution in [0.15, 0.2) is 35.5 Å². The second-order valence-corrected chi connectivity index (χ2v) is 7.50. The molecular weight excluding hydrogens is 318 g/mol. The van der Waals surface area contributed by atoms with E-state index in [-0.39, 0.29) is 11.6 Å². The topological polar surface area (TPSA) is 83.7 Å². The fourth-order valence-electron chi connectivity index (χ4n) is 5.10. The van der Waals surface area contributed by atoms with Crippen LogP contribution in [0.3, 0.4) is 0 Å². The molecular formula is C19H19N3O3. The summed E-state index contributed by atoms with van der Waals surface area (Å²) in [4.78, 5) is 23.8. The minimum absolute atomic E-state index is 0.0603. The van der Waals surface area contributed by atoms with Gasteiger partial charge in [-0.3, -0.25) is 4.79 Å². The van der Waals surface area contributed by atoms with Crippen molar-refractivity contribution in [2.75, 3.05) is 6.54 Å². The summed E-state index contributed by atoms with van der Waals surface area (Å²) in [5.41, 5.74) is 3.97. The number of amides is 1. The number of hydrogen-bond acceptors (Lipinski definition) is 3. The molecule has 2 unspecified atom stereocenters. The number of pyridine rings is 1. The zero-order chi connectivity index (χ0) is 17.1. The van der Waals surface area contributed by atoms with E-state index in [0.29, 0.717) is 17.6 Å². The molecule has 5 aliphatic rings. The maximum absolute atomic E-state index is 12.7. The van der Waals surface area contributed by atoms with Crippen LogP contribution in [0, 0.1) is 17.8 Å². The maximum Gasteiger partial charge on any atom is 0.356 e. The lowest BCUT2D eigenvalue weighted by atomic mass is 9.51. The van der Waals surface area contributed by atoms with E-state index in [1.165, 1.54) is 35.4 Å². The Kier molecular flexibility index (Phi) is 3.04. The maximum atomic E-state index is 12.7. The molecule has 2 aromatic rings. The second kappa shape index (κ2) is 5.18. The highest BCUT2D eigenvalue weighted by Gasteiger charge is 2.47. The fourth-order valence-corrected chi connectivity index (χ4v) is 5.10. The lowest BCUT2D eigenvalue weighted by Gasteiger charge is -2.54. The number of nitrogens with one attached hydrogen (secondary N) is 1. The largest absolute Gasteiger partial charge is 0.476 e. The van der Waals surface area contributed by atoms with Crippen molar-refractivity contribution in [1.29, 1.82) is 0 Å². The van der Waals surface area contributed by atoms with Crippen LogP contribution in [0.5, 0.6) is 0 Å². The normalized spacial score (nSPS) is 26.6. The molecule has 3 fully saturated rings. The summed E-state index contributed by atoms with van der Waals surface area (Å²) < 4.78 is 1.44. The Balaban J connectivity index is 1.38. The summed E-state index contributed by atoms with van der Waals surface area (Å²) >= 11 is 0. The number of carbonyl (C=O) groups excluding carboxylic acids is 1. The zero-order valence-electron chi connectivity index (χ0n) is 13.7. The zero-order valence-corrected chi connectivity index (χ0v) is 13.7. The Hall–Kier alpha value is -2.63. The molecule has 3 saturated carbocycles. The minimum Gasteiger partial charge on any atom is -0.476 e. The SMILES string of the molecule is O=C(O)c1cc2c(C(=O)NCC3=C4C5CC(C3)CC4C5)cccn2n1. The van der Waals surface area contributed by atoms with Gasteiger partial charge in [-0.2, -0.15) is 5.10 Å². The van der Waals surface area contributed by atoms with E-state index in [1.54, 1.807) is 23.9 Å². The molecule has 0 aromatic carbocycles. The van der Waals surface area contributed by atoms with Gasteiger partial charge in [-0.05, 0) is 61.6 Å². The van der Waals surface area contributed by atoms with Gasteiger partial charge in [0.1, 0.15) is 0 Å². The van der Waals surface area contributed by atoms with Gasteiger partial charge in [0.15, 0.2) is 5.69 Å². The average molecular weight is 337 g/mol. The van der Waals surface area contributed by atoms with E-state index in [2.05, 4.69) is 10.4 Å². The molecule has 2 aromatic heterocycles. The molecule has 6 heteroatoms. The first-order valence-electron chi connectivity index (χ1n) is 8.82. The van der Waals surface area contributed by atoms with Gasteiger partial charge in [-0.25, -0.2) is 9.31 Å². The molecule has 0 saturated heterocycles. The number of rotatable bonds is 4. The Bertz CT molecular complexity index is 929. The van der Waals surface area contributed by atoms with Gasteiger partial charge in [0.2, 0.25) is 0 Å². The Morgan fingerprint density at radius 2 is 2.08 bits per heavy atom. The molecule has 25 heavy (non-hydrogen) atoms. The standard InChI is InChI=1S/C19H19N3O3/c23-18(14-2-1-3-22-16(14)8-15(21-22)19(24)25)20-9-13-6-10-4-11-7-12(5-10)17(11)13/h1-3,8,10-12H,4-7,9H2,(H,20,23)(H,24,25). The van der Waals surface area contributed by atoms with E-state index in [4.69, 9.17) is 5.11 Å². The number of nitrogens with zero attached hydrogens (tertiary/aromatic N) is 2. The highest BCUT2D eigenvalue weighted by atomic mass is 16.4. The van der Waals surface area contributed by atoms with Gasteiger partial charge >= 0.3 is 5.97 Å². The van der Waals surface area contributed by atoms with E-state index >= 15 is 0 Å². The highest BCUT2D eigenvalue weighted by molar-refractivity contribution is 6.01. The lowest BCUT2D eigenvalue weighted by Crippen LogP contribution is -2.44. The number of fused-ring (bicyclic) bond motifs is 2. The molecule has 2 N–H and O–H groups in total. The third-order valence-electron chi connectivity index (χ3n) is 6.06. The number of carboxylic acids is 1. The summed E-state index contributed by atoms with van der Waals surface area (Å²) in [6, 6.07) is 4.86. The first-order chi connectivity index (χ1) is 12.1. The smallest absolute Gasteiger partial charge is 0.356 e. The average Bonchev–Trinajstić information content (AvgIpc) is 3.03. The predicted molar refractivity (Wildman–Crippen MR) is 90.4 cm³/mol. The molecule has 128 valence electrons. The monoisotopic (exact) mass is 337 g/mol. The van der Waals surface area contributed by atoms with Gasteiger partial charge in [0.25, 0.3) is 5.91 Å². The van der Waals surface area contributed by atoms with E-state index < -0.39 is 5.97 Å². The van der Waals surface area contributed by atoms with Gasteiger partial charge in [-0.15, -0.1) is 0 Å². The highest BCUT2D eigenvalue weighted by Crippen LogP contribution is 2.59. The van der Waals surface area contributed by atoms with Crippen LogP contribution in [-0.2, 0) is 0 Å². The number of carboxylic acid groups (broad SMARTS) is 1. The van der Waals surface area contributed by atoms with Crippen LogP contribution in [0.1, 0.15) is 46.5 Å². The molecule has 2 heterocycles. The van der Waals surface area contributed by atoms with E-state index in [0.717, 1.165) is 24.2 Å². The molecule has 1 amide bonds. The Morgan fingerprint density at radius 1 is 1.28 bits per heavy atom. The molecule has 0 spiro atoms. The molecule has 5 aliphatic carbocycles. The van der Waals surface area contributed by atoms with Crippen LogP contribution in [-0.4, -0.2) is 33.1 Å². The summed E-state index contributed by atoms with van der Waals surface area (Å²) in [5, 5.41) is 16.1. The van der Waals surface area contributed by atoms with E-state index in [1.807, 2.05) is 0 Å². The molecule has 6 nitrogen and oxygen atoms in total. The quantitative estimate of drug-likeness (QED) is 0.840. The van der Waals surface area contributed by atoms with Crippen molar-refractivity contribution in [3.63, 3.8) is 0 Å². The third kappa shape index (κ3) is 2.20. The van der Waals surface area contributed by atoms with Crippen LogP contribution in [0.2, 0.25) is 0 Å². The number of allylic oxidation sites excluding steroid dienone is 1. The van der Waals surface area contributed by atoms with Crippen molar-refractivity contribution in [1.82, 2.24) is 14.9 Å². The van der Waals surface area contributed by atoms with Crippen LogP contribution >= 0.6 is 0 Å². The predicted octanol–water partition coefficient (Wildman–Crippen LogP) is 2.51. The molecule has 2 atom stereocenters. The van der Waals surface area contributed by atoms with Gasteiger partial charge in [-0.1, -0.05) is 11.1 Å². The van der Waals surface area contributed by atoms with Crippen molar-refractivity contribution in [2.45, 2.75) is 25.7 Å². The van der Waals surface area contributed by atoms with Crippen molar-refractivity contribution in [3.05, 3.63) is 46.8 Å². The van der Waals surface area contributed by atoms with Gasteiger partial charge < -0.3 is 10.4 Å². The first kappa shape index (κ1) is 14.7. The van der Waals surface area contributed by atoms with Crippen LogP contribution in [0.4, 0.5) is 0 Å². The third-order valence-corrected chi connectivity index (χ3v) is 6.06. The molecule has 4 bridgehead atoms. The van der Waals surface area contributed by atoms with E-state index in [9.17, 15) is 9.59 Å². The van der Waals surface area contributed by atoms with Crippen molar-refractivity contribution < 1.29 is 14.7 Å². The number of carbonyl (C=O) groups is 2. The molecule has 0 aliphatic heterocycles. The Morgan fingerprint density at radius 3 is 2.80 bits per heavy atom. The van der Waals surface area contributed by atoms with Crippen molar-refractivity contribution in [3.8, 4) is 0 Å². The lowest BCUT2D eigenvalue weighted by molar-refractivity contribution is 0.0689. The molecule has 0 radical (unpaired) electrons. The van der Waals surface area contributed by atoms with Gasteiger partial charge in [0, 0.05) is 12.7 Å². The number of hydrogen-bond donors (Lipinski definition) is 2. The fraction of sp³-hybridized carbons (Fsp3) is 0.421. The number of aromatic nitrogens is 2. The summed E-state index contributed by atoms with van der Waals surface area (Å²) in [6.07, 6.45) is 6.81. The summed E-state index contributed by atoms with van der Waals surface area (Å²) in [6.45, 7) is 0.610. The second-order valence-electron chi connectivity index (χ2n) is 7.50. The number of aromatic carboxylic acids is 1. The minimum atomic E-state index is -1.10. The summed E-state index contributed by atoms with van der Waals surface area (Å²) in [7, 11) is 0. The van der Waals surface area contributed by atoms with Crippen molar-refractivity contribution >= 4 is 17.4 Å². The Labute approximate surface area is 144 Å². The summed E-state index contributed by atoms with van der Waals surface area (Å²) in [5.74, 6) is 1.09. The van der Waals surface area contributed by atoms with Crippen molar-refractivity contribution in [2.24, 2.45) is 17.8 Å².